The number of aryl methyl sites for hydroxylation is 2. The molecule has 0 saturated heterocycles. The van der Waals surface area contributed by atoms with Gasteiger partial charge in [-0.05, 0) is 55.5 Å². The van der Waals surface area contributed by atoms with E-state index in [4.69, 9.17) is 4.74 Å². The summed E-state index contributed by atoms with van der Waals surface area (Å²) >= 11 is 0. The summed E-state index contributed by atoms with van der Waals surface area (Å²) in [6.07, 6.45) is 3.48. The molecule has 0 aromatic heterocycles. The number of anilines is 1. The number of hydrogen-bond acceptors (Lipinski definition) is 3. The first-order chi connectivity index (χ1) is 11.7. The highest BCUT2D eigenvalue weighted by Crippen LogP contribution is 2.25. The van der Waals surface area contributed by atoms with E-state index in [2.05, 4.69) is 22.8 Å². The van der Waals surface area contributed by atoms with Crippen molar-refractivity contribution in [2.24, 2.45) is 0 Å². The number of amides is 1. The minimum atomic E-state index is -0.0327. The molecule has 0 bridgehead atoms. The SMILES string of the molecule is COc1ccccc1[C@H](C)NCC(=O)Nc1ccc2c(c1)CCC2. The quantitative estimate of drug-likeness (QED) is 0.855. The first-order valence-electron chi connectivity index (χ1n) is 8.45. The number of benzene rings is 2. The van der Waals surface area contributed by atoms with E-state index in [-0.39, 0.29) is 18.5 Å². The van der Waals surface area contributed by atoms with E-state index in [1.807, 2.05) is 37.3 Å². The second kappa shape index (κ2) is 7.49. The zero-order valence-electron chi connectivity index (χ0n) is 14.3. The van der Waals surface area contributed by atoms with Gasteiger partial charge in [0.05, 0.1) is 13.7 Å². The fraction of sp³-hybridized carbons (Fsp3) is 0.350. The Morgan fingerprint density at radius 3 is 2.79 bits per heavy atom. The summed E-state index contributed by atoms with van der Waals surface area (Å²) in [5, 5.41) is 6.23. The molecule has 0 fully saturated rings. The number of nitrogens with one attached hydrogen (secondary N) is 2. The fourth-order valence-corrected chi connectivity index (χ4v) is 3.23. The van der Waals surface area contributed by atoms with Crippen molar-refractivity contribution in [3.63, 3.8) is 0 Å². The maximum Gasteiger partial charge on any atom is 0.238 e. The van der Waals surface area contributed by atoms with E-state index in [0.717, 1.165) is 29.8 Å². The van der Waals surface area contributed by atoms with Crippen LogP contribution in [0.25, 0.3) is 0 Å². The Hall–Kier alpha value is -2.33. The van der Waals surface area contributed by atoms with Gasteiger partial charge in [-0.3, -0.25) is 4.79 Å². The Morgan fingerprint density at radius 2 is 1.96 bits per heavy atom. The van der Waals surface area contributed by atoms with Crippen molar-refractivity contribution in [1.82, 2.24) is 5.32 Å². The highest BCUT2D eigenvalue weighted by molar-refractivity contribution is 5.92. The van der Waals surface area contributed by atoms with Gasteiger partial charge in [0, 0.05) is 17.3 Å². The number of methoxy groups -OCH3 is 1. The van der Waals surface area contributed by atoms with Crippen molar-refractivity contribution in [1.29, 1.82) is 0 Å². The molecule has 3 rings (SSSR count). The highest BCUT2D eigenvalue weighted by atomic mass is 16.5. The number of carbonyl (C=O) groups is 1. The molecule has 126 valence electrons. The van der Waals surface area contributed by atoms with Crippen LogP contribution in [0.3, 0.4) is 0 Å². The Bertz CT molecular complexity index is 727. The Labute approximate surface area is 143 Å². The number of carbonyl (C=O) groups excluding carboxylic acids is 1. The summed E-state index contributed by atoms with van der Waals surface area (Å²) in [5.41, 5.74) is 4.71. The first-order valence-corrected chi connectivity index (χ1v) is 8.45. The van der Waals surface area contributed by atoms with Gasteiger partial charge in [-0.25, -0.2) is 0 Å². The van der Waals surface area contributed by atoms with E-state index >= 15 is 0 Å². The lowest BCUT2D eigenvalue weighted by Gasteiger charge is -2.17. The summed E-state index contributed by atoms with van der Waals surface area (Å²) in [5.74, 6) is 0.797. The minimum Gasteiger partial charge on any atom is -0.496 e. The van der Waals surface area contributed by atoms with Gasteiger partial charge in [0.15, 0.2) is 0 Å². The third-order valence-corrected chi connectivity index (χ3v) is 4.56. The monoisotopic (exact) mass is 324 g/mol. The summed E-state index contributed by atoms with van der Waals surface area (Å²) in [7, 11) is 1.66. The van der Waals surface area contributed by atoms with Crippen molar-refractivity contribution in [3.8, 4) is 5.75 Å². The predicted octanol–water partition coefficient (Wildman–Crippen LogP) is 3.47. The van der Waals surface area contributed by atoms with Gasteiger partial charge >= 0.3 is 0 Å². The van der Waals surface area contributed by atoms with Crippen LogP contribution in [0.2, 0.25) is 0 Å². The maximum absolute atomic E-state index is 12.2. The van der Waals surface area contributed by atoms with Gasteiger partial charge in [0.1, 0.15) is 5.75 Å². The van der Waals surface area contributed by atoms with E-state index in [1.165, 1.54) is 17.5 Å². The molecule has 0 aliphatic heterocycles. The third kappa shape index (κ3) is 3.77. The summed E-state index contributed by atoms with van der Waals surface area (Å²) in [4.78, 5) is 12.2. The molecule has 2 aromatic rings. The Balaban J connectivity index is 1.55. The topological polar surface area (TPSA) is 50.4 Å². The van der Waals surface area contributed by atoms with Gasteiger partial charge in [0.25, 0.3) is 0 Å². The fourth-order valence-electron chi connectivity index (χ4n) is 3.23. The van der Waals surface area contributed by atoms with Crippen LogP contribution in [0.4, 0.5) is 5.69 Å². The molecule has 0 spiro atoms. The molecule has 0 heterocycles. The summed E-state index contributed by atoms with van der Waals surface area (Å²) < 4.78 is 5.37. The molecule has 24 heavy (non-hydrogen) atoms. The molecular weight excluding hydrogens is 300 g/mol. The molecule has 1 aliphatic rings. The van der Waals surface area contributed by atoms with Crippen molar-refractivity contribution >= 4 is 11.6 Å². The summed E-state index contributed by atoms with van der Waals surface area (Å²) in [6.45, 7) is 2.29. The van der Waals surface area contributed by atoms with Crippen LogP contribution < -0.4 is 15.4 Å². The van der Waals surface area contributed by atoms with Crippen LogP contribution in [0.1, 0.15) is 36.1 Å². The lowest BCUT2D eigenvalue weighted by atomic mass is 10.1. The van der Waals surface area contributed by atoms with E-state index in [0.29, 0.717) is 0 Å². The van der Waals surface area contributed by atoms with E-state index < -0.39 is 0 Å². The lowest BCUT2D eigenvalue weighted by molar-refractivity contribution is -0.115. The van der Waals surface area contributed by atoms with Crippen molar-refractivity contribution < 1.29 is 9.53 Å². The number of fused-ring (bicyclic) bond motifs is 1. The molecule has 0 saturated carbocycles. The first kappa shape index (κ1) is 16.5. The van der Waals surface area contributed by atoms with Crippen LogP contribution in [0.5, 0.6) is 5.75 Å². The zero-order valence-corrected chi connectivity index (χ0v) is 14.3. The van der Waals surface area contributed by atoms with Crippen molar-refractivity contribution in [3.05, 3.63) is 59.2 Å². The molecule has 1 aliphatic carbocycles. The average Bonchev–Trinajstić information content (AvgIpc) is 3.07. The Morgan fingerprint density at radius 1 is 1.17 bits per heavy atom. The molecule has 0 radical (unpaired) electrons. The molecule has 2 aromatic carbocycles. The second-order valence-corrected chi connectivity index (χ2v) is 6.23. The molecular formula is C20H24N2O2. The van der Waals surface area contributed by atoms with Gasteiger partial charge in [0.2, 0.25) is 5.91 Å². The summed E-state index contributed by atoms with van der Waals surface area (Å²) in [6, 6.07) is 14.1. The number of rotatable bonds is 6. The molecule has 4 heteroatoms. The molecule has 1 amide bonds. The second-order valence-electron chi connectivity index (χ2n) is 6.23. The van der Waals surface area contributed by atoms with Crippen LogP contribution in [-0.2, 0) is 17.6 Å². The molecule has 2 N–H and O–H groups in total. The van der Waals surface area contributed by atoms with Crippen molar-refractivity contribution in [2.75, 3.05) is 19.0 Å². The van der Waals surface area contributed by atoms with Gasteiger partial charge < -0.3 is 15.4 Å². The third-order valence-electron chi connectivity index (χ3n) is 4.56. The average molecular weight is 324 g/mol. The zero-order chi connectivity index (χ0) is 16.9. The van der Waals surface area contributed by atoms with Gasteiger partial charge in [-0.2, -0.15) is 0 Å². The molecule has 0 unspecified atom stereocenters. The van der Waals surface area contributed by atoms with Crippen LogP contribution in [-0.4, -0.2) is 19.6 Å². The lowest BCUT2D eigenvalue weighted by Crippen LogP contribution is -2.30. The Kier molecular flexibility index (Phi) is 5.16. The van der Waals surface area contributed by atoms with Crippen molar-refractivity contribution in [2.45, 2.75) is 32.2 Å². The molecule has 4 nitrogen and oxygen atoms in total. The smallest absolute Gasteiger partial charge is 0.238 e. The highest BCUT2D eigenvalue weighted by Gasteiger charge is 2.14. The van der Waals surface area contributed by atoms with Crippen LogP contribution in [0, 0.1) is 0 Å². The standard InChI is InChI=1S/C20H24N2O2/c1-14(18-8-3-4-9-19(18)24-2)21-13-20(23)22-17-11-10-15-6-5-7-16(15)12-17/h3-4,8-12,14,21H,5-7,13H2,1-2H3,(H,22,23)/t14-/m0/s1. The van der Waals surface area contributed by atoms with E-state index in [1.54, 1.807) is 7.11 Å². The van der Waals surface area contributed by atoms with E-state index in [9.17, 15) is 4.79 Å². The predicted molar refractivity (Wildman–Crippen MR) is 96.5 cm³/mol. The van der Waals surface area contributed by atoms with Crippen LogP contribution >= 0.6 is 0 Å². The number of ether oxygens (including phenoxy) is 1. The number of para-hydroxylation sites is 1. The van der Waals surface area contributed by atoms with Crippen LogP contribution in [0.15, 0.2) is 42.5 Å². The molecule has 1 atom stereocenters. The van der Waals surface area contributed by atoms with Gasteiger partial charge in [-0.15, -0.1) is 0 Å². The maximum atomic E-state index is 12.2. The normalized spacial score (nSPS) is 14.1. The number of hydrogen-bond donors (Lipinski definition) is 2. The van der Waals surface area contributed by atoms with Gasteiger partial charge in [-0.1, -0.05) is 24.3 Å². The largest absolute Gasteiger partial charge is 0.496 e. The minimum absolute atomic E-state index is 0.0327.